The van der Waals surface area contributed by atoms with E-state index in [0.29, 0.717) is 41.2 Å². The number of rotatable bonds is 3. The predicted octanol–water partition coefficient (Wildman–Crippen LogP) is 3.26. The predicted molar refractivity (Wildman–Crippen MR) is 78.1 cm³/mol. The zero-order valence-corrected chi connectivity index (χ0v) is 12.0. The summed E-state index contributed by atoms with van der Waals surface area (Å²) in [5, 5.41) is 9.43. The van der Waals surface area contributed by atoms with Crippen molar-refractivity contribution in [2.24, 2.45) is 0 Å². The second-order valence-electron chi connectivity index (χ2n) is 5.13. The molecule has 0 aliphatic carbocycles. The molecule has 1 aliphatic rings. The van der Waals surface area contributed by atoms with E-state index in [1.807, 2.05) is 0 Å². The lowest BCUT2D eigenvalue weighted by molar-refractivity contribution is -0.274. The fourth-order valence-electron chi connectivity index (χ4n) is 2.70. The van der Waals surface area contributed by atoms with Gasteiger partial charge in [-0.25, -0.2) is 0 Å². The third-order valence-electron chi connectivity index (χ3n) is 3.69. The Labute approximate surface area is 130 Å². The molecule has 0 bridgehead atoms. The van der Waals surface area contributed by atoms with Gasteiger partial charge in [-0.15, -0.1) is 13.2 Å². The Hall–Kier alpha value is -2.41. The van der Waals surface area contributed by atoms with Gasteiger partial charge in [-0.1, -0.05) is 12.1 Å². The number of hydrogen-bond acceptors (Lipinski definition) is 4. The van der Waals surface area contributed by atoms with Crippen LogP contribution in [0.4, 0.5) is 18.9 Å². The molecule has 1 aliphatic heterocycles. The maximum absolute atomic E-state index is 12.2. The highest BCUT2D eigenvalue weighted by Gasteiger charge is 2.31. The molecule has 23 heavy (non-hydrogen) atoms. The summed E-state index contributed by atoms with van der Waals surface area (Å²) in [6.45, 7) is 0.296. The number of nitrogens with two attached hydrogens (primary N) is 1. The average molecular weight is 325 g/mol. The molecule has 0 fully saturated rings. The third kappa shape index (κ3) is 3.05. The van der Waals surface area contributed by atoms with Crippen molar-refractivity contribution in [2.75, 3.05) is 12.3 Å². The zero-order valence-electron chi connectivity index (χ0n) is 12.0. The van der Waals surface area contributed by atoms with Crippen molar-refractivity contribution in [1.29, 1.82) is 0 Å². The standard InChI is InChI=1S/C16H14F3NO3/c17-16(18,19)23-10-3-1-9(2-4-10)12-7-14(20)13(8-21)11-5-6-22-15(11)12/h1-4,7,21H,5-6,8,20H2. The molecule has 0 saturated heterocycles. The van der Waals surface area contributed by atoms with Crippen molar-refractivity contribution in [3.8, 4) is 22.6 Å². The maximum Gasteiger partial charge on any atom is 0.573 e. The average Bonchev–Trinajstić information content (AvgIpc) is 2.95. The van der Waals surface area contributed by atoms with Crippen LogP contribution in [0.5, 0.6) is 11.5 Å². The summed E-state index contributed by atoms with van der Waals surface area (Å²) in [5.74, 6) is 0.325. The van der Waals surface area contributed by atoms with E-state index in [9.17, 15) is 18.3 Å². The summed E-state index contributed by atoms with van der Waals surface area (Å²) in [6, 6.07) is 7.16. The Morgan fingerprint density at radius 1 is 1.22 bits per heavy atom. The lowest BCUT2D eigenvalue weighted by Crippen LogP contribution is -2.16. The van der Waals surface area contributed by atoms with Gasteiger partial charge in [0, 0.05) is 28.8 Å². The van der Waals surface area contributed by atoms with E-state index in [2.05, 4.69) is 4.74 Å². The van der Waals surface area contributed by atoms with E-state index in [1.165, 1.54) is 24.3 Å². The lowest BCUT2D eigenvalue weighted by Gasteiger charge is -2.14. The SMILES string of the molecule is Nc1cc(-c2ccc(OC(F)(F)F)cc2)c2c(c1CO)CCO2. The van der Waals surface area contributed by atoms with E-state index >= 15 is 0 Å². The zero-order chi connectivity index (χ0) is 16.6. The Balaban J connectivity index is 2.00. The summed E-state index contributed by atoms with van der Waals surface area (Å²) in [7, 11) is 0. The van der Waals surface area contributed by atoms with Crippen LogP contribution in [0, 0.1) is 0 Å². The Morgan fingerprint density at radius 2 is 1.91 bits per heavy atom. The second-order valence-corrected chi connectivity index (χ2v) is 5.13. The molecule has 7 heteroatoms. The molecule has 1 heterocycles. The van der Waals surface area contributed by atoms with Crippen molar-refractivity contribution in [1.82, 2.24) is 0 Å². The summed E-state index contributed by atoms with van der Waals surface area (Å²) < 4.78 is 46.1. The smallest absolute Gasteiger partial charge is 0.492 e. The van der Waals surface area contributed by atoms with Gasteiger partial charge in [-0.05, 0) is 23.8 Å². The van der Waals surface area contributed by atoms with Crippen LogP contribution in [0.1, 0.15) is 11.1 Å². The monoisotopic (exact) mass is 325 g/mol. The first-order chi connectivity index (χ1) is 10.9. The van der Waals surface area contributed by atoms with Crippen LogP contribution in [-0.2, 0) is 13.0 Å². The van der Waals surface area contributed by atoms with Crippen molar-refractivity contribution in [3.05, 3.63) is 41.5 Å². The largest absolute Gasteiger partial charge is 0.573 e. The minimum Gasteiger partial charge on any atom is -0.492 e. The highest BCUT2D eigenvalue weighted by molar-refractivity contribution is 5.79. The molecule has 0 radical (unpaired) electrons. The van der Waals surface area contributed by atoms with Crippen molar-refractivity contribution in [3.63, 3.8) is 0 Å². The van der Waals surface area contributed by atoms with Gasteiger partial charge in [0.25, 0.3) is 0 Å². The van der Waals surface area contributed by atoms with Crippen LogP contribution in [0.15, 0.2) is 30.3 Å². The van der Waals surface area contributed by atoms with Gasteiger partial charge in [-0.3, -0.25) is 0 Å². The van der Waals surface area contributed by atoms with E-state index in [4.69, 9.17) is 10.5 Å². The minimum atomic E-state index is -4.72. The van der Waals surface area contributed by atoms with Gasteiger partial charge in [0.1, 0.15) is 11.5 Å². The molecule has 0 saturated carbocycles. The number of halogens is 3. The fourth-order valence-corrected chi connectivity index (χ4v) is 2.70. The normalized spacial score (nSPS) is 13.6. The summed E-state index contributed by atoms with van der Waals surface area (Å²) in [5.41, 5.74) is 9.23. The summed E-state index contributed by atoms with van der Waals surface area (Å²) in [6.07, 6.45) is -4.09. The van der Waals surface area contributed by atoms with Gasteiger partial charge in [0.05, 0.1) is 13.2 Å². The van der Waals surface area contributed by atoms with Crippen LogP contribution < -0.4 is 15.2 Å². The molecule has 0 atom stereocenters. The van der Waals surface area contributed by atoms with Crippen molar-refractivity contribution < 1.29 is 27.8 Å². The van der Waals surface area contributed by atoms with Crippen LogP contribution >= 0.6 is 0 Å². The number of nitrogen functional groups attached to an aromatic ring is 1. The van der Waals surface area contributed by atoms with Crippen LogP contribution in [0.2, 0.25) is 0 Å². The molecule has 0 spiro atoms. The van der Waals surface area contributed by atoms with E-state index < -0.39 is 6.36 Å². The van der Waals surface area contributed by atoms with E-state index in [1.54, 1.807) is 6.07 Å². The first kappa shape index (κ1) is 15.5. The number of fused-ring (bicyclic) bond motifs is 1. The summed E-state index contributed by atoms with van der Waals surface area (Å²) >= 11 is 0. The molecule has 2 aromatic rings. The first-order valence-electron chi connectivity index (χ1n) is 6.93. The van der Waals surface area contributed by atoms with Gasteiger partial charge < -0.3 is 20.3 Å². The highest BCUT2D eigenvalue weighted by atomic mass is 19.4. The molecule has 3 rings (SSSR count). The molecule has 122 valence electrons. The molecular formula is C16H14F3NO3. The quantitative estimate of drug-likeness (QED) is 0.850. The molecule has 4 nitrogen and oxygen atoms in total. The Kier molecular flexibility index (Phi) is 3.81. The number of aliphatic hydroxyl groups excluding tert-OH is 1. The Morgan fingerprint density at radius 3 is 2.52 bits per heavy atom. The number of anilines is 1. The first-order valence-corrected chi connectivity index (χ1v) is 6.93. The molecular weight excluding hydrogens is 311 g/mol. The highest BCUT2D eigenvalue weighted by Crippen LogP contribution is 2.42. The number of ether oxygens (including phenoxy) is 2. The van der Waals surface area contributed by atoms with Crippen molar-refractivity contribution >= 4 is 5.69 Å². The molecule has 2 aromatic carbocycles. The molecule has 3 N–H and O–H groups in total. The third-order valence-corrected chi connectivity index (χ3v) is 3.69. The van der Waals surface area contributed by atoms with E-state index in [0.717, 1.165) is 5.56 Å². The molecule has 0 unspecified atom stereocenters. The molecule has 0 aromatic heterocycles. The van der Waals surface area contributed by atoms with Crippen LogP contribution in [0.25, 0.3) is 11.1 Å². The maximum atomic E-state index is 12.2. The van der Waals surface area contributed by atoms with Gasteiger partial charge in [0.15, 0.2) is 0 Å². The lowest BCUT2D eigenvalue weighted by atomic mass is 9.95. The second kappa shape index (κ2) is 5.66. The number of alkyl halides is 3. The van der Waals surface area contributed by atoms with Gasteiger partial charge in [-0.2, -0.15) is 0 Å². The number of hydrogen-bond donors (Lipinski definition) is 2. The van der Waals surface area contributed by atoms with E-state index in [-0.39, 0.29) is 12.4 Å². The summed E-state index contributed by atoms with van der Waals surface area (Å²) in [4.78, 5) is 0. The van der Waals surface area contributed by atoms with Crippen molar-refractivity contribution in [2.45, 2.75) is 19.4 Å². The van der Waals surface area contributed by atoms with Gasteiger partial charge >= 0.3 is 6.36 Å². The minimum absolute atomic E-state index is 0.184. The van der Waals surface area contributed by atoms with Crippen LogP contribution in [-0.4, -0.2) is 18.1 Å². The van der Waals surface area contributed by atoms with Crippen LogP contribution in [0.3, 0.4) is 0 Å². The number of benzene rings is 2. The number of aliphatic hydroxyl groups is 1. The molecule has 0 amide bonds. The topological polar surface area (TPSA) is 64.7 Å². The fraction of sp³-hybridized carbons (Fsp3) is 0.250. The Bertz CT molecular complexity index is 727. The van der Waals surface area contributed by atoms with Gasteiger partial charge in [0.2, 0.25) is 0 Å².